The lowest BCUT2D eigenvalue weighted by atomic mass is 9.84. The van der Waals surface area contributed by atoms with E-state index in [9.17, 15) is 4.79 Å². The van der Waals surface area contributed by atoms with Crippen LogP contribution in [0, 0.1) is 5.92 Å². The first kappa shape index (κ1) is 12.7. The van der Waals surface area contributed by atoms with Crippen LogP contribution in [0.15, 0.2) is 22.8 Å². The van der Waals surface area contributed by atoms with Crippen molar-refractivity contribution in [3.8, 4) is 0 Å². The Morgan fingerprint density at radius 3 is 3.05 bits per heavy atom. The van der Waals surface area contributed by atoms with Gasteiger partial charge in [0, 0.05) is 5.92 Å². The molecule has 0 spiro atoms. The second-order valence-corrected chi connectivity index (χ2v) is 5.74. The van der Waals surface area contributed by atoms with Crippen LogP contribution in [0.2, 0.25) is 0 Å². The molecule has 1 aromatic heterocycles. The number of nitrogens with one attached hydrogen (secondary N) is 1. The van der Waals surface area contributed by atoms with Gasteiger partial charge in [0.1, 0.15) is 6.61 Å². The molecule has 19 heavy (non-hydrogen) atoms. The first-order valence-electron chi connectivity index (χ1n) is 7.40. The molecule has 3 heterocycles. The normalized spacial score (nSPS) is 30.6. The van der Waals surface area contributed by atoms with Crippen molar-refractivity contribution in [1.82, 2.24) is 0 Å². The summed E-state index contributed by atoms with van der Waals surface area (Å²) in [4.78, 5) is 13.5. The number of hydrogen-bond acceptors (Lipinski definition) is 3. The van der Waals surface area contributed by atoms with E-state index in [1.165, 1.54) is 51.5 Å². The molecule has 2 saturated heterocycles. The highest BCUT2D eigenvalue weighted by molar-refractivity contribution is 5.86. The SMILES string of the molecule is O=C(OC[C@@H]1CCC[NH+]2CCCC[C@H]12)c1ccco1. The van der Waals surface area contributed by atoms with Crippen molar-refractivity contribution < 1.29 is 18.8 Å². The molecule has 0 aliphatic carbocycles. The summed E-state index contributed by atoms with van der Waals surface area (Å²) < 4.78 is 10.5. The molecule has 3 atom stereocenters. The number of fused-ring (bicyclic) bond motifs is 1. The van der Waals surface area contributed by atoms with Crippen LogP contribution in [0.3, 0.4) is 0 Å². The second-order valence-electron chi connectivity index (χ2n) is 5.74. The fraction of sp³-hybridized carbons (Fsp3) is 0.667. The molecule has 0 aromatic carbocycles. The zero-order valence-corrected chi connectivity index (χ0v) is 11.3. The number of ether oxygens (including phenoxy) is 1. The van der Waals surface area contributed by atoms with Gasteiger partial charge in [-0.25, -0.2) is 4.79 Å². The molecule has 1 aromatic rings. The number of furan rings is 1. The monoisotopic (exact) mass is 264 g/mol. The summed E-state index contributed by atoms with van der Waals surface area (Å²) in [6.45, 7) is 3.15. The number of piperidine rings is 2. The summed E-state index contributed by atoms with van der Waals surface area (Å²) >= 11 is 0. The Hall–Kier alpha value is -1.29. The zero-order valence-electron chi connectivity index (χ0n) is 11.3. The summed E-state index contributed by atoms with van der Waals surface area (Å²) in [5, 5.41) is 0. The van der Waals surface area contributed by atoms with Gasteiger partial charge in [-0.2, -0.15) is 0 Å². The molecule has 1 unspecified atom stereocenters. The zero-order chi connectivity index (χ0) is 13.1. The van der Waals surface area contributed by atoms with Gasteiger partial charge >= 0.3 is 5.97 Å². The Morgan fingerprint density at radius 1 is 1.32 bits per heavy atom. The average Bonchev–Trinajstić information content (AvgIpc) is 2.99. The van der Waals surface area contributed by atoms with Crippen molar-refractivity contribution in [2.45, 2.75) is 38.1 Å². The van der Waals surface area contributed by atoms with Crippen molar-refractivity contribution in [1.29, 1.82) is 0 Å². The van der Waals surface area contributed by atoms with E-state index >= 15 is 0 Å². The Kier molecular flexibility index (Phi) is 3.87. The molecule has 104 valence electrons. The number of esters is 1. The molecule has 0 amide bonds. The maximum absolute atomic E-state index is 11.8. The third-order valence-corrected chi connectivity index (χ3v) is 4.58. The molecule has 2 aliphatic heterocycles. The van der Waals surface area contributed by atoms with E-state index in [0.29, 0.717) is 24.3 Å². The van der Waals surface area contributed by atoms with Crippen LogP contribution in [-0.4, -0.2) is 31.7 Å². The lowest BCUT2D eigenvalue weighted by Crippen LogP contribution is -3.18. The topological polar surface area (TPSA) is 43.9 Å². The van der Waals surface area contributed by atoms with Crippen molar-refractivity contribution >= 4 is 5.97 Å². The number of hydrogen-bond donors (Lipinski definition) is 1. The summed E-state index contributed by atoms with van der Waals surface area (Å²) in [5.41, 5.74) is 0. The van der Waals surface area contributed by atoms with Crippen molar-refractivity contribution in [3.63, 3.8) is 0 Å². The van der Waals surface area contributed by atoms with E-state index in [-0.39, 0.29) is 5.97 Å². The van der Waals surface area contributed by atoms with Crippen molar-refractivity contribution in [3.05, 3.63) is 24.2 Å². The van der Waals surface area contributed by atoms with Gasteiger partial charge in [-0.05, 0) is 44.2 Å². The van der Waals surface area contributed by atoms with Crippen LogP contribution in [0.4, 0.5) is 0 Å². The molecule has 0 bridgehead atoms. The molecule has 3 rings (SSSR count). The fourth-order valence-corrected chi connectivity index (χ4v) is 3.63. The van der Waals surface area contributed by atoms with E-state index in [1.54, 1.807) is 17.0 Å². The molecule has 4 heteroatoms. The average molecular weight is 264 g/mol. The largest absolute Gasteiger partial charge is 0.459 e. The van der Waals surface area contributed by atoms with Crippen LogP contribution < -0.4 is 4.90 Å². The predicted molar refractivity (Wildman–Crippen MR) is 70.1 cm³/mol. The van der Waals surface area contributed by atoms with Gasteiger partial charge in [-0.1, -0.05) is 0 Å². The number of carbonyl (C=O) groups excluding carboxylic acids is 1. The van der Waals surface area contributed by atoms with E-state index in [4.69, 9.17) is 9.15 Å². The molecule has 0 saturated carbocycles. The first-order chi connectivity index (χ1) is 9.34. The van der Waals surface area contributed by atoms with Crippen LogP contribution in [0.25, 0.3) is 0 Å². The van der Waals surface area contributed by atoms with Crippen LogP contribution in [0.5, 0.6) is 0 Å². The molecule has 1 N–H and O–H groups in total. The standard InChI is InChI=1S/C15H21NO3/c17-15(14-7-4-10-18-14)19-11-12-5-3-9-16-8-2-1-6-13(12)16/h4,7,10,12-13H,1-3,5-6,8-9,11H2/p+1/t12-,13+/m0/s1. The minimum absolute atomic E-state index is 0.309. The van der Waals surface area contributed by atoms with Gasteiger partial charge in [0.25, 0.3) is 0 Å². The number of rotatable bonds is 3. The van der Waals surface area contributed by atoms with Crippen molar-refractivity contribution in [2.75, 3.05) is 19.7 Å². The fourth-order valence-electron chi connectivity index (χ4n) is 3.63. The van der Waals surface area contributed by atoms with E-state index in [1.807, 2.05) is 0 Å². The van der Waals surface area contributed by atoms with Gasteiger partial charge in [0.15, 0.2) is 0 Å². The quantitative estimate of drug-likeness (QED) is 0.837. The second kappa shape index (κ2) is 5.78. The summed E-state index contributed by atoms with van der Waals surface area (Å²) in [5.74, 6) is 0.513. The maximum atomic E-state index is 11.8. The third kappa shape index (κ3) is 2.84. The first-order valence-corrected chi connectivity index (χ1v) is 7.40. The highest BCUT2D eigenvalue weighted by atomic mass is 16.5. The molecule has 2 aliphatic rings. The Labute approximate surface area is 113 Å². The van der Waals surface area contributed by atoms with Crippen LogP contribution >= 0.6 is 0 Å². The third-order valence-electron chi connectivity index (χ3n) is 4.58. The van der Waals surface area contributed by atoms with Crippen LogP contribution in [0.1, 0.15) is 42.7 Å². The smallest absolute Gasteiger partial charge is 0.374 e. The van der Waals surface area contributed by atoms with Crippen LogP contribution in [-0.2, 0) is 4.74 Å². The highest BCUT2D eigenvalue weighted by Crippen LogP contribution is 2.21. The summed E-state index contributed by atoms with van der Waals surface area (Å²) in [6.07, 6.45) is 7.93. The van der Waals surface area contributed by atoms with Gasteiger partial charge in [-0.3, -0.25) is 0 Å². The van der Waals surface area contributed by atoms with Gasteiger partial charge in [-0.15, -0.1) is 0 Å². The minimum Gasteiger partial charge on any atom is -0.459 e. The van der Waals surface area contributed by atoms with E-state index in [2.05, 4.69) is 0 Å². The number of quaternary nitrogens is 1. The highest BCUT2D eigenvalue weighted by Gasteiger charge is 2.37. The molecule has 0 radical (unpaired) electrons. The van der Waals surface area contributed by atoms with Gasteiger partial charge < -0.3 is 14.1 Å². The maximum Gasteiger partial charge on any atom is 0.374 e. The lowest BCUT2D eigenvalue weighted by molar-refractivity contribution is -0.940. The van der Waals surface area contributed by atoms with Gasteiger partial charge in [0.2, 0.25) is 5.76 Å². The van der Waals surface area contributed by atoms with Gasteiger partial charge in [0.05, 0.1) is 25.4 Å². The summed E-state index contributed by atoms with van der Waals surface area (Å²) in [7, 11) is 0. The van der Waals surface area contributed by atoms with Crippen molar-refractivity contribution in [2.24, 2.45) is 5.92 Å². The Morgan fingerprint density at radius 2 is 2.21 bits per heavy atom. The lowest BCUT2D eigenvalue weighted by Gasteiger charge is -2.40. The number of carbonyl (C=O) groups is 1. The molecular weight excluding hydrogens is 242 g/mol. The molecule has 2 fully saturated rings. The predicted octanol–water partition coefficient (Wildman–Crippen LogP) is 1.28. The summed E-state index contributed by atoms with van der Waals surface area (Å²) in [6, 6.07) is 4.07. The molecular formula is C15H22NO3+. The van der Waals surface area contributed by atoms with E-state index in [0.717, 1.165) is 0 Å². The molecule has 4 nitrogen and oxygen atoms in total. The van der Waals surface area contributed by atoms with E-state index < -0.39 is 0 Å². The Bertz CT molecular complexity index is 413. The Balaban J connectivity index is 1.55. The minimum atomic E-state index is -0.326.